The van der Waals surface area contributed by atoms with Gasteiger partial charge in [0.05, 0.1) is 21.0 Å². The number of benzene rings is 2. The third-order valence-corrected chi connectivity index (χ3v) is 6.44. The van der Waals surface area contributed by atoms with Crippen LogP contribution in [0.25, 0.3) is 0 Å². The predicted molar refractivity (Wildman–Crippen MR) is 113 cm³/mol. The maximum absolute atomic E-state index is 13.5. The fraction of sp³-hybridized carbons (Fsp3) is 0.263. The first-order valence-electron chi connectivity index (χ1n) is 8.59. The Balaban J connectivity index is 1.74. The van der Waals surface area contributed by atoms with Gasteiger partial charge in [0.2, 0.25) is 5.91 Å². The van der Waals surface area contributed by atoms with Crippen molar-refractivity contribution in [2.24, 2.45) is 5.92 Å². The Bertz CT molecular complexity index is 1050. The third-order valence-electron chi connectivity index (χ3n) is 4.57. The Morgan fingerprint density at radius 2 is 1.81 bits per heavy atom. The molecule has 2 amide bonds. The molecule has 166 valence electrons. The molecule has 0 aromatic heterocycles. The van der Waals surface area contributed by atoms with Gasteiger partial charge >= 0.3 is 6.18 Å². The van der Waals surface area contributed by atoms with Crippen molar-refractivity contribution in [3.05, 3.63) is 62.8 Å². The topological polar surface area (TPSA) is 58.2 Å². The molecule has 2 aromatic carbocycles. The number of halogens is 8. The normalized spacial score (nSPS) is 19.6. The van der Waals surface area contributed by atoms with Crippen molar-refractivity contribution in [1.29, 1.82) is 0 Å². The van der Waals surface area contributed by atoms with Gasteiger partial charge in [-0.25, -0.2) is 4.39 Å². The van der Waals surface area contributed by atoms with Crippen molar-refractivity contribution in [3.8, 4) is 0 Å². The fourth-order valence-corrected chi connectivity index (χ4v) is 4.47. The third kappa shape index (κ3) is 5.45. The molecular formula is C19H12BrCl3F4N2O2. The van der Waals surface area contributed by atoms with E-state index in [-0.39, 0.29) is 20.7 Å². The van der Waals surface area contributed by atoms with Gasteiger partial charge in [-0.1, -0.05) is 17.7 Å². The second-order valence-corrected chi connectivity index (χ2v) is 9.49. The summed E-state index contributed by atoms with van der Waals surface area (Å²) in [5.74, 6) is -3.62. The molecule has 3 rings (SSSR count). The number of hydrogen-bond acceptors (Lipinski definition) is 2. The van der Waals surface area contributed by atoms with Gasteiger partial charge < -0.3 is 10.6 Å². The van der Waals surface area contributed by atoms with E-state index in [0.717, 1.165) is 6.07 Å². The van der Waals surface area contributed by atoms with Crippen LogP contribution in [0.3, 0.4) is 0 Å². The second-order valence-electron chi connectivity index (χ2n) is 6.79. The van der Waals surface area contributed by atoms with Crippen molar-refractivity contribution in [1.82, 2.24) is 5.32 Å². The minimum atomic E-state index is -4.59. The summed E-state index contributed by atoms with van der Waals surface area (Å²) in [7, 11) is 0. The van der Waals surface area contributed by atoms with Crippen molar-refractivity contribution in [3.63, 3.8) is 0 Å². The SMILES string of the molecule is O=C(NCC(F)(F)F)c1cc(NC(=O)[C@@H]2[C@@H](c3ccc(F)c(Br)c3)C2(Cl)Cl)ccc1Cl. The summed E-state index contributed by atoms with van der Waals surface area (Å²) in [6.07, 6.45) is -4.59. The van der Waals surface area contributed by atoms with Crippen molar-refractivity contribution >= 4 is 68.2 Å². The maximum Gasteiger partial charge on any atom is 0.405 e. The van der Waals surface area contributed by atoms with Crippen LogP contribution in [0.4, 0.5) is 23.2 Å². The molecule has 4 nitrogen and oxygen atoms in total. The summed E-state index contributed by atoms with van der Waals surface area (Å²) in [6.45, 7) is -1.53. The van der Waals surface area contributed by atoms with E-state index in [1.54, 1.807) is 5.32 Å². The zero-order chi connectivity index (χ0) is 23.1. The van der Waals surface area contributed by atoms with Gasteiger partial charge in [-0.2, -0.15) is 13.2 Å². The summed E-state index contributed by atoms with van der Waals surface area (Å²) in [6, 6.07) is 7.91. The van der Waals surface area contributed by atoms with Crippen LogP contribution in [0.15, 0.2) is 40.9 Å². The first-order chi connectivity index (χ1) is 14.3. The second kappa shape index (κ2) is 8.77. The molecule has 0 saturated heterocycles. The monoisotopic (exact) mass is 560 g/mol. The minimum absolute atomic E-state index is 0.0952. The summed E-state index contributed by atoms with van der Waals surface area (Å²) < 4.78 is 49.2. The van der Waals surface area contributed by atoms with Crippen LogP contribution in [-0.2, 0) is 4.79 Å². The predicted octanol–water partition coefficient (Wildman–Crippen LogP) is 6.06. The molecular weight excluding hydrogens is 550 g/mol. The van der Waals surface area contributed by atoms with Crippen LogP contribution in [0.2, 0.25) is 5.02 Å². The standard InChI is InChI=1S/C19H12BrCl3F4N2O2/c20-11-5-8(1-4-13(11)24)14-15(19(14,22)23)17(31)29-9-2-3-12(21)10(6-9)16(30)28-7-18(25,26)27/h1-6,14-15H,7H2,(H,28,30)(H,29,31)/t14-,15+/m1/s1. The molecule has 0 unspecified atom stereocenters. The first-order valence-corrected chi connectivity index (χ1v) is 10.5. The number of alkyl halides is 5. The zero-order valence-electron chi connectivity index (χ0n) is 15.2. The average Bonchev–Trinajstić information content (AvgIpc) is 3.25. The highest BCUT2D eigenvalue weighted by Crippen LogP contribution is 2.65. The molecule has 31 heavy (non-hydrogen) atoms. The van der Waals surface area contributed by atoms with Crippen LogP contribution in [0.1, 0.15) is 21.8 Å². The molecule has 1 aliphatic carbocycles. The first kappa shape index (κ1) is 24.1. The van der Waals surface area contributed by atoms with Crippen molar-refractivity contribution in [2.45, 2.75) is 16.4 Å². The fourth-order valence-electron chi connectivity index (χ4n) is 3.05. The molecule has 0 bridgehead atoms. The van der Waals surface area contributed by atoms with Crippen LogP contribution >= 0.6 is 50.7 Å². The lowest BCUT2D eigenvalue weighted by Crippen LogP contribution is -2.33. The average molecular weight is 563 g/mol. The smallest absolute Gasteiger partial charge is 0.343 e. The maximum atomic E-state index is 13.5. The Hall–Kier alpha value is -1.55. The minimum Gasteiger partial charge on any atom is -0.343 e. The lowest BCUT2D eigenvalue weighted by molar-refractivity contribution is -0.123. The number of nitrogens with one attached hydrogen (secondary N) is 2. The van der Waals surface area contributed by atoms with Gasteiger partial charge in [-0.15, -0.1) is 23.2 Å². The number of hydrogen-bond donors (Lipinski definition) is 2. The number of carbonyl (C=O) groups is 2. The largest absolute Gasteiger partial charge is 0.405 e. The quantitative estimate of drug-likeness (QED) is 0.344. The van der Waals surface area contributed by atoms with E-state index in [9.17, 15) is 27.2 Å². The van der Waals surface area contributed by atoms with Crippen LogP contribution in [0, 0.1) is 11.7 Å². The number of carbonyl (C=O) groups excluding carboxylic acids is 2. The van der Waals surface area contributed by atoms with Gasteiger partial charge in [0.1, 0.15) is 16.7 Å². The number of anilines is 1. The van der Waals surface area contributed by atoms with Gasteiger partial charge in [0, 0.05) is 11.6 Å². The zero-order valence-corrected chi connectivity index (χ0v) is 19.0. The van der Waals surface area contributed by atoms with Crippen LogP contribution in [0.5, 0.6) is 0 Å². The Kier molecular flexibility index (Phi) is 6.82. The van der Waals surface area contributed by atoms with Gasteiger partial charge in [-0.3, -0.25) is 9.59 Å². The molecule has 2 atom stereocenters. The highest BCUT2D eigenvalue weighted by atomic mass is 79.9. The van der Waals surface area contributed by atoms with E-state index in [0.29, 0.717) is 5.56 Å². The van der Waals surface area contributed by atoms with Gasteiger partial charge in [-0.05, 0) is 51.8 Å². The Morgan fingerprint density at radius 3 is 2.42 bits per heavy atom. The van der Waals surface area contributed by atoms with Gasteiger partial charge in [0.15, 0.2) is 0 Å². The number of amides is 2. The van der Waals surface area contributed by atoms with E-state index in [2.05, 4.69) is 21.2 Å². The molecule has 2 aromatic rings. The lowest BCUT2D eigenvalue weighted by Gasteiger charge is -2.11. The highest BCUT2D eigenvalue weighted by molar-refractivity contribution is 9.10. The molecule has 0 radical (unpaired) electrons. The van der Waals surface area contributed by atoms with E-state index in [4.69, 9.17) is 34.8 Å². The van der Waals surface area contributed by atoms with E-state index < -0.39 is 46.5 Å². The summed E-state index contributed by atoms with van der Waals surface area (Å²) in [4.78, 5) is 24.7. The Labute approximate surface area is 197 Å². The van der Waals surface area contributed by atoms with Crippen molar-refractivity contribution < 1.29 is 27.2 Å². The molecule has 0 heterocycles. The Morgan fingerprint density at radius 1 is 1.13 bits per heavy atom. The van der Waals surface area contributed by atoms with Gasteiger partial charge in [0.25, 0.3) is 5.91 Å². The molecule has 12 heteroatoms. The molecule has 1 fully saturated rings. The summed E-state index contributed by atoms with van der Waals surface area (Å²) >= 11 is 21.5. The summed E-state index contributed by atoms with van der Waals surface area (Å²) in [5, 5.41) is 4.14. The highest BCUT2D eigenvalue weighted by Gasteiger charge is 2.67. The molecule has 1 saturated carbocycles. The van der Waals surface area contributed by atoms with Crippen LogP contribution in [-0.4, -0.2) is 28.9 Å². The molecule has 0 aliphatic heterocycles. The molecule has 2 N–H and O–H groups in total. The summed E-state index contributed by atoms with van der Waals surface area (Å²) in [5.41, 5.74) is 0.407. The lowest BCUT2D eigenvalue weighted by atomic mass is 10.1. The van der Waals surface area contributed by atoms with E-state index >= 15 is 0 Å². The molecule has 1 aliphatic rings. The van der Waals surface area contributed by atoms with Crippen LogP contribution < -0.4 is 10.6 Å². The number of rotatable bonds is 5. The van der Waals surface area contributed by atoms with Crippen molar-refractivity contribution in [2.75, 3.05) is 11.9 Å². The molecule has 0 spiro atoms. The van der Waals surface area contributed by atoms with E-state index in [1.165, 1.54) is 30.3 Å². The van der Waals surface area contributed by atoms with E-state index in [1.807, 2.05) is 0 Å².